The average molecular weight is 417 g/mol. The van der Waals surface area contributed by atoms with Crippen LogP contribution in [-0.2, 0) is 26.8 Å². The first kappa shape index (κ1) is 20.7. The van der Waals surface area contributed by atoms with Crippen molar-refractivity contribution in [3.05, 3.63) is 77.7 Å². The molecule has 7 nitrogen and oxygen atoms in total. The first-order valence-electron chi connectivity index (χ1n) is 8.97. The number of halogens is 1. The summed E-state index contributed by atoms with van der Waals surface area (Å²) in [5.74, 6) is -1.01. The maximum atomic E-state index is 13.0. The molecule has 0 saturated carbocycles. The van der Waals surface area contributed by atoms with Gasteiger partial charge in [0.15, 0.2) is 15.7 Å². The largest absolute Gasteiger partial charge is 0.350 e. The maximum absolute atomic E-state index is 13.0. The van der Waals surface area contributed by atoms with E-state index in [2.05, 4.69) is 15.5 Å². The number of hydrogen-bond donors (Lipinski definition) is 1. The van der Waals surface area contributed by atoms with Gasteiger partial charge in [0, 0.05) is 12.8 Å². The Bertz CT molecular complexity index is 1070. The number of sulfone groups is 1. The molecule has 0 aliphatic rings. The van der Waals surface area contributed by atoms with Crippen molar-refractivity contribution >= 4 is 15.7 Å². The van der Waals surface area contributed by atoms with E-state index in [1.807, 2.05) is 37.3 Å². The summed E-state index contributed by atoms with van der Waals surface area (Å²) in [7, 11) is -3.73. The number of amides is 1. The number of benzene rings is 2. The molecule has 1 heterocycles. The molecule has 1 amide bonds. The Labute approximate surface area is 167 Å². The fourth-order valence-corrected chi connectivity index (χ4v) is 3.88. The number of hydrogen-bond acceptors (Lipinski definition) is 6. The molecular formula is C20H20FN3O4S. The van der Waals surface area contributed by atoms with Crippen LogP contribution in [0.2, 0.25) is 0 Å². The number of carbonyl (C=O) groups excluding carboxylic acids is 1. The van der Waals surface area contributed by atoms with E-state index >= 15 is 0 Å². The van der Waals surface area contributed by atoms with Crippen molar-refractivity contribution in [2.24, 2.45) is 0 Å². The van der Waals surface area contributed by atoms with Crippen molar-refractivity contribution in [1.29, 1.82) is 0 Å². The predicted octanol–water partition coefficient (Wildman–Crippen LogP) is 2.99. The van der Waals surface area contributed by atoms with Crippen molar-refractivity contribution in [3.8, 4) is 0 Å². The fourth-order valence-electron chi connectivity index (χ4n) is 2.70. The van der Waals surface area contributed by atoms with Gasteiger partial charge in [-0.25, -0.2) is 12.8 Å². The average Bonchev–Trinajstić information content (AvgIpc) is 3.14. The van der Waals surface area contributed by atoms with Gasteiger partial charge in [0.25, 0.3) is 0 Å². The normalized spacial score (nSPS) is 12.5. The van der Waals surface area contributed by atoms with Crippen molar-refractivity contribution in [3.63, 3.8) is 0 Å². The van der Waals surface area contributed by atoms with Gasteiger partial charge in [-0.2, -0.15) is 4.98 Å². The molecule has 1 N–H and O–H groups in total. The molecule has 3 rings (SSSR count). The van der Waals surface area contributed by atoms with E-state index in [0.717, 1.165) is 17.7 Å². The third-order valence-electron chi connectivity index (χ3n) is 4.25. The number of aromatic nitrogens is 2. The monoisotopic (exact) mass is 417 g/mol. The van der Waals surface area contributed by atoms with E-state index in [0.29, 0.717) is 0 Å². The minimum atomic E-state index is -3.73. The van der Waals surface area contributed by atoms with Crippen molar-refractivity contribution in [1.82, 2.24) is 15.5 Å². The summed E-state index contributed by atoms with van der Waals surface area (Å²) >= 11 is 0. The van der Waals surface area contributed by atoms with Gasteiger partial charge >= 0.3 is 0 Å². The van der Waals surface area contributed by atoms with Crippen LogP contribution in [0, 0.1) is 5.82 Å². The molecule has 0 aliphatic carbocycles. The molecule has 0 radical (unpaired) electrons. The van der Waals surface area contributed by atoms with Crippen molar-refractivity contribution in [2.75, 3.05) is 0 Å². The van der Waals surface area contributed by atoms with Gasteiger partial charge in [-0.3, -0.25) is 4.79 Å². The molecule has 3 aromatic rings. The lowest BCUT2D eigenvalue weighted by molar-refractivity contribution is -0.121. The molecular weight excluding hydrogens is 397 g/mol. The Morgan fingerprint density at radius 3 is 2.52 bits per heavy atom. The summed E-state index contributed by atoms with van der Waals surface area (Å²) in [6.45, 7) is 1.89. The van der Waals surface area contributed by atoms with Gasteiger partial charge in [-0.1, -0.05) is 35.5 Å². The van der Waals surface area contributed by atoms with E-state index in [1.165, 1.54) is 12.1 Å². The van der Waals surface area contributed by atoms with Gasteiger partial charge in [0.05, 0.1) is 10.9 Å². The topological polar surface area (TPSA) is 102 Å². The Morgan fingerprint density at radius 1 is 1.14 bits per heavy atom. The number of nitrogens with zero attached hydrogens (tertiary/aromatic N) is 2. The number of nitrogens with one attached hydrogen (secondary N) is 1. The second-order valence-corrected chi connectivity index (χ2v) is 8.51. The molecule has 1 atom stereocenters. The highest BCUT2D eigenvalue weighted by Gasteiger charge is 2.20. The van der Waals surface area contributed by atoms with E-state index < -0.39 is 21.4 Å². The molecule has 152 valence electrons. The van der Waals surface area contributed by atoms with E-state index in [4.69, 9.17) is 4.52 Å². The third kappa shape index (κ3) is 5.71. The van der Waals surface area contributed by atoms with Gasteiger partial charge in [-0.15, -0.1) is 0 Å². The van der Waals surface area contributed by atoms with Gasteiger partial charge in [0.1, 0.15) is 11.6 Å². The van der Waals surface area contributed by atoms with Crippen LogP contribution >= 0.6 is 0 Å². The Kier molecular flexibility index (Phi) is 6.38. The smallest absolute Gasteiger partial charge is 0.227 e. The first-order valence-corrected chi connectivity index (χ1v) is 10.6. The lowest BCUT2D eigenvalue weighted by atomic mass is 10.1. The fraction of sp³-hybridized carbons (Fsp3) is 0.250. The first-order chi connectivity index (χ1) is 13.8. The number of rotatable bonds is 8. The Balaban J connectivity index is 1.53. The summed E-state index contributed by atoms with van der Waals surface area (Å²) in [5.41, 5.74) is 0.993. The second kappa shape index (κ2) is 8.95. The molecule has 9 heteroatoms. The molecule has 0 bridgehead atoms. The van der Waals surface area contributed by atoms with Crippen LogP contribution in [0.15, 0.2) is 64.0 Å². The van der Waals surface area contributed by atoms with Gasteiger partial charge in [0.2, 0.25) is 11.8 Å². The zero-order chi connectivity index (χ0) is 20.9. The summed E-state index contributed by atoms with van der Waals surface area (Å²) in [5, 5.41) is 6.54. The Hall–Kier alpha value is -3.07. The van der Waals surface area contributed by atoms with Crippen LogP contribution < -0.4 is 5.32 Å². The van der Waals surface area contributed by atoms with Crippen LogP contribution in [0.25, 0.3) is 0 Å². The molecule has 0 saturated heterocycles. The van der Waals surface area contributed by atoms with E-state index in [9.17, 15) is 17.6 Å². The molecule has 0 fully saturated rings. The lowest BCUT2D eigenvalue weighted by Gasteiger charge is -2.13. The maximum Gasteiger partial charge on any atom is 0.227 e. The molecule has 0 spiro atoms. The molecule has 1 aromatic heterocycles. The van der Waals surface area contributed by atoms with Crippen LogP contribution in [0.5, 0.6) is 0 Å². The Morgan fingerprint density at radius 2 is 1.83 bits per heavy atom. The second-order valence-electron chi connectivity index (χ2n) is 6.52. The zero-order valence-electron chi connectivity index (χ0n) is 15.7. The number of carbonyl (C=O) groups is 1. The van der Waals surface area contributed by atoms with Gasteiger partial charge in [-0.05, 0) is 36.8 Å². The summed E-state index contributed by atoms with van der Waals surface area (Å²) in [4.78, 5) is 16.1. The summed E-state index contributed by atoms with van der Waals surface area (Å²) in [6, 6.07) is 13.9. The highest BCUT2D eigenvalue weighted by Crippen LogP contribution is 2.16. The predicted molar refractivity (Wildman–Crippen MR) is 103 cm³/mol. The molecule has 29 heavy (non-hydrogen) atoms. The molecule has 0 unspecified atom stereocenters. The van der Waals surface area contributed by atoms with E-state index in [1.54, 1.807) is 0 Å². The van der Waals surface area contributed by atoms with Crippen LogP contribution in [0.3, 0.4) is 0 Å². The van der Waals surface area contributed by atoms with Gasteiger partial charge < -0.3 is 9.84 Å². The van der Waals surface area contributed by atoms with Crippen LogP contribution in [0.1, 0.15) is 36.7 Å². The summed E-state index contributed by atoms with van der Waals surface area (Å²) < 4.78 is 42.7. The SMILES string of the molecule is C[C@@H](NC(=O)CCc1nc(CS(=O)(=O)c2ccc(F)cc2)no1)c1ccccc1. The van der Waals surface area contributed by atoms with Crippen molar-refractivity contribution in [2.45, 2.75) is 36.5 Å². The quantitative estimate of drug-likeness (QED) is 0.565. The lowest BCUT2D eigenvalue weighted by Crippen LogP contribution is -2.26. The van der Waals surface area contributed by atoms with Crippen molar-refractivity contribution < 1.29 is 22.1 Å². The zero-order valence-corrected chi connectivity index (χ0v) is 16.5. The van der Waals surface area contributed by atoms with Crippen LogP contribution in [0.4, 0.5) is 4.39 Å². The van der Waals surface area contributed by atoms with E-state index in [-0.39, 0.29) is 41.4 Å². The third-order valence-corrected chi connectivity index (χ3v) is 5.87. The molecule has 2 aromatic carbocycles. The van der Waals surface area contributed by atoms with Crippen LogP contribution in [-0.4, -0.2) is 24.5 Å². The number of aryl methyl sites for hydroxylation is 1. The highest BCUT2D eigenvalue weighted by atomic mass is 32.2. The highest BCUT2D eigenvalue weighted by molar-refractivity contribution is 7.90. The minimum absolute atomic E-state index is 0.0117. The standard InChI is InChI=1S/C20H20FN3O4S/c1-14(15-5-3-2-4-6-15)22-19(25)11-12-20-23-18(24-28-20)13-29(26,27)17-9-7-16(21)8-10-17/h2-10,14H,11-13H2,1H3,(H,22,25)/t14-/m1/s1. The summed E-state index contributed by atoms with van der Waals surface area (Å²) in [6.07, 6.45) is 0.320. The molecule has 0 aliphatic heterocycles. The minimum Gasteiger partial charge on any atom is -0.350 e.